The van der Waals surface area contributed by atoms with Gasteiger partial charge in [0.15, 0.2) is 0 Å². The van der Waals surface area contributed by atoms with Crippen molar-refractivity contribution < 1.29 is 8.42 Å². The number of halogens is 2. The third kappa shape index (κ3) is 3.59. The van der Waals surface area contributed by atoms with Crippen molar-refractivity contribution in [1.29, 1.82) is 0 Å². The van der Waals surface area contributed by atoms with Gasteiger partial charge in [0.05, 0.1) is 5.02 Å². The highest BCUT2D eigenvalue weighted by Crippen LogP contribution is 2.22. The van der Waals surface area contributed by atoms with Gasteiger partial charge in [-0.25, -0.2) is 13.1 Å². The zero-order valence-corrected chi connectivity index (χ0v) is 11.8. The zero-order chi connectivity index (χ0) is 12.3. The fraction of sp³-hybridized carbons (Fsp3) is 0.200. The van der Waals surface area contributed by atoms with E-state index in [1.165, 1.54) is 6.07 Å². The van der Waals surface area contributed by atoms with E-state index in [1.54, 1.807) is 12.1 Å². The summed E-state index contributed by atoms with van der Waals surface area (Å²) in [5.74, 6) is 0. The SMILES string of the molecule is C=C(Br)CNS(=O)(=O)c1ccc(C)cc1Cl. The summed E-state index contributed by atoms with van der Waals surface area (Å²) < 4.78 is 26.6. The molecule has 1 aromatic rings. The van der Waals surface area contributed by atoms with E-state index < -0.39 is 10.0 Å². The molecule has 0 saturated carbocycles. The van der Waals surface area contributed by atoms with E-state index in [-0.39, 0.29) is 16.5 Å². The number of rotatable bonds is 4. The molecule has 0 aliphatic rings. The Bertz CT molecular complexity index is 514. The fourth-order valence-corrected chi connectivity index (χ4v) is 3.02. The lowest BCUT2D eigenvalue weighted by atomic mass is 10.2. The van der Waals surface area contributed by atoms with E-state index in [9.17, 15) is 8.42 Å². The van der Waals surface area contributed by atoms with E-state index in [4.69, 9.17) is 11.6 Å². The summed E-state index contributed by atoms with van der Waals surface area (Å²) in [4.78, 5) is 0.0773. The molecule has 0 atom stereocenters. The number of hydrogen-bond acceptors (Lipinski definition) is 2. The van der Waals surface area contributed by atoms with Crippen LogP contribution in [0.15, 0.2) is 34.2 Å². The molecule has 3 nitrogen and oxygen atoms in total. The summed E-state index contributed by atoms with van der Waals surface area (Å²) in [5, 5.41) is 0.215. The molecule has 0 amide bonds. The lowest BCUT2D eigenvalue weighted by Gasteiger charge is -2.08. The molecular weight excluding hydrogens is 314 g/mol. The molecule has 0 unspecified atom stereocenters. The molecule has 0 radical (unpaired) electrons. The average Bonchev–Trinajstić information content (AvgIpc) is 2.14. The van der Waals surface area contributed by atoms with E-state index in [0.717, 1.165) is 5.56 Å². The molecule has 0 fully saturated rings. The Balaban J connectivity index is 3.03. The third-order valence-corrected chi connectivity index (χ3v) is 4.00. The highest BCUT2D eigenvalue weighted by Gasteiger charge is 2.17. The molecule has 88 valence electrons. The molecule has 0 aliphatic carbocycles. The summed E-state index contributed by atoms with van der Waals surface area (Å²) in [6.45, 7) is 5.52. The maximum absolute atomic E-state index is 11.8. The van der Waals surface area contributed by atoms with Gasteiger partial charge in [0.2, 0.25) is 10.0 Å². The van der Waals surface area contributed by atoms with Crippen LogP contribution in [0.5, 0.6) is 0 Å². The van der Waals surface area contributed by atoms with Gasteiger partial charge in [-0.2, -0.15) is 0 Å². The summed E-state index contributed by atoms with van der Waals surface area (Å²) >= 11 is 8.95. The molecule has 1 N–H and O–H groups in total. The lowest BCUT2D eigenvalue weighted by Crippen LogP contribution is -2.25. The molecule has 0 bridgehead atoms. The molecule has 0 heterocycles. The monoisotopic (exact) mass is 323 g/mol. The maximum atomic E-state index is 11.8. The number of nitrogens with one attached hydrogen (secondary N) is 1. The van der Waals surface area contributed by atoms with Crippen LogP contribution in [0.1, 0.15) is 5.56 Å². The Morgan fingerprint density at radius 1 is 1.56 bits per heavy atom. The number of benzene rings is 1. The smallest absolute Gasteiger partial charge is 0.207 e. The molecule has 16 heavy (non-hydrogen) atoms. The van der Waals surface area contributed by atoms with Crippen molar-refractivity contribution in [2.75, 3.05) is 6.54 Å². The highest BCUT2D eigenvalue weighted by atomic mass is 79.9. The first-order chi connectivity index (χ1) is 7.33. The van der Waals surface area contributed by atoms with Crippen LogP contribution >= 0.6 is 27.5 Å². The summed E-state index contributed by atoms with van der Waals surface area (Å²) in [6, 6.07) is 4.79. The predicted octanol–water partition coefficient (Wildman–Crippen LogP) is 2.84. The van der Waals surface area contributed by atoms with Crippen LogP contribution in [0, 0.1) is 6.92 Å². The normalized spacial score (nSPS) is 11.4. The number of hydrogen-bond donors (Lipinski definition) is 1. The average molecular weight is 325 g/mol. The Hall–Kier alpha value is -0.360. The first-order valence-corrected chi connectivity index (χ1v) is 7.07. The molecule has 0 aliphatic heterocycles. The van der Waals surface area contributed by atoms with Crippen LogP contribution in [-0.4, -0.2) is 15.0 Å². The summed E-state index contributed by atoms with van der Waals surface area (Å²) in [6.07, 6.45) is 0. The van der Waals surface area contributed by atoms with Crippen LogP contribution in [0.25, 0.3) is 0 Å². The molecule has 0 aromatic heterocycles. The second-order valence-electron chi connectivity index (χ2n) is 3.28. The molecular formula is C10H11BrClNO2S. The number of aryl methyl sites for hydroxylation is 1. The minimum atomic E-state index is -3.58. The topological polar surface area (TPSA) is 46.2 Å². The Labute approximate surface area is 109 Å². The first-order valence-electron chi connectivity index (χ1n) is 4.42. The van der Waals surface area contributed by atoms with E-state index >= 15 is 0 Å². The maximum Gasteiger partial charge on any atom is 0.242 e. The van der Waals surface area contributed by atoms with Crippen molar-refractivity contribution in [2.24, 2.45) is 0 Å². The van der Waals surface area contributed by atoms with Gasteiger partial charge in [-0.3, -0.25) is 0 Å². The van der Waals surface area contributed by atoms with E-state index in [0.29, 0.717) is 4.48 Å². The molecule has 0 saturated heterocycles. The largest absolute Gasteiger partial charge is 0.242 e. The van der Waals surface area contributed by atoms with Crippen LogP contribution in [0.3, 0.4) is 0 Å². The van der Waals surface area contributed by atoms with Gasteiger partial charge in [-0.15, -0.1) is 0 Å². The van der Waals surface area contributed by atoms with Crippen molar-refractivity contribution >= 4 is 37.6 Å². The molecule has 6 heteroatoms. The zero-order valence-electron chi connectivity index (χ0n) is 8.63. The second kappa shape index (κ2) is 5.31. The van der Waals surface area contributed by atoms with Gasteiger partial charge in [0, 0.05) is 11.0 Å². The van der Waals surface area contributed by atoms with Gasteiger partial charge in [0.25, 0.3) is 0 Å². The van der Waals surface area contributed by atoms with Gasteiger partial charge in [0.1, 0.15) is 4.90 Å². The fourth-order valence-electron chi connectivity index (χ4n) is 1.07. The van der Waals surface area contributed by atoms with Gasteiger partial charge < -0.3 is 0 Å². The molecule has 0 spiro atoms. The Morgan fingerprint density at radius 3 is 2.69 bits per heavy atom. The standard InChI is InChI=1S/C10H11BrClNO2S/c1-7-3-4-10(9(12)5-7)16(14,15)13-6-8(2)11/h3-5,13H,2,6H2,1H3. The Kier molecular flexibility index (Phi) is 4.55. The van der Waals surface area contributed by atoms with Gasteiger partial charge in [-0.1, -0.05) is 40.2 Å². The lowest BCUT2D eigenvalue weighted by molar-refractivity contribution is 0.585. The summed E-state index contributed by atoms with van der Waals surface area (Å²) in [7, 11) is -3.58. The van der Waals surface area contributed by atoms with Crippen LogP contribution < -0.4 is 4.72 Å². The minimum Gasteiger partial charge on any atom is -0.207 e. The minimum absolute atomic E-state index is 0.0773. The van der Waals surface area contributed by atoms with Crippen LogP contribution in [0.4, 0.5) is 0 Å². The first kappa shape index (κ1) is 13.7. The van der Waals surface area contributed by atoms with Crippen molar-refractivity contribution in [3.05, 3.63) is 39.8 Å². The molecule has 1 rings (SSSR count). The molecule has 1 aromatic carbocycles. The van der Waals surface area contributed by atoms with E-state index in [2.05, 4.69) is 27.2 Å². The summed E-state index contributed by atoms with van der Waals surface area (Å²) in [5.41, 5.74) is 0.911. The van der Waals surface area contributed by atoms with Crippen molar-refractivity contribution in [3.8, 4) is 0 Å². The van der Waals surface area contributed by atoms with E-state index in [1.807, 2.05) is 6.92 Å². The second-order valence-corrected chi connectivity index (χ2v) is 6.54. The van der Waals surface area contributed by atoms with Gasteiger partial charge in [-0.05, 0) is 24.6 Å². The van der Waals surface area contributed by atoms with Crippen molar-refractivity contribution in [2.45, 2.75) is 11.8 Å². The van der Waals surface area contributed by atoms with Crippen LogP contribution in [-0.2, 0) is 10.0 Å². The van der Waals surface area contributed by atoms with Gasteiger partial charge >= 0.3 is 0 Å². The van der Waals surface area contributed by atoms with Crippen LogP contribution in [0.2, 0.25) is 5.02 Å². The van der Waals surface area contributed by atoms with Crippen molar-refractivity contribution in [1.82, 2.24) is 4.72 Å². The Morgan fingerprint density at radius 2 is 2.19 bits per heavy atom. The highest BCUT2D eigenvalue weighted by molar-refractivity contribution is 9.11. The number of sulfonamides is 1. The quantitative estimate of drug-likeness (QED) is 0.925. The third-order valence-electron chi connectivity index (χ3n) is 1.83. The van der Waals surface area contributed by atoms with Crippen molar-refractivity contribution in [3.63, 3.8) is 0 Å². The predicted molar refractivity (Wildman–Crippen MR) is 69.4 cm³/mol.